The van der Waals surface area contributed by atoms with Crippen LogP contribution in [0.15, 0.2) is 54.9 Å². The van der Waals surface area contributed by atoms with E-state index >= 15 is 0 Å². The van der Waals surface area contributed by atoms with Gasteiger partial charge in [-0.25, -0.2) is 4.39 Å². The average molecular weight is 213 g/mol. The summed E-state index contributed by atoms with van der Waals surface area (Å²) in [4.78, 5) is 4.05. The van der Waals surface area contributed by atoms with Crippen LogP contribution in [0, 0.1) is 0 Å². The van der Waals surface area contributed by atoms with Gasteiger partial charge in [-0.2, -0.15) is 0 Å². The van der Waals surface area contributed by atoms with Gasteiger partial charge in [0.2, 0.25) is 0 Å². The molecule has 1 nitrogen and oxygen atoms in total. The zero-order valence-electron chi connectivity index (χ0n) is 9.02. The van der Waals surface area contributed by atoms with Crippen LogP contribution >= 0.6 is 0 Å². The molecule has 0 fully saturated rings. The molecule has 0 saturated carbocycles. The number of hydrogen-bond donors (Lipinski definition) is 0. The largest absolute Gasteiger partial charge is 0.264 e. The smallest absolute Gasteiger partial charge is 0.126 e. The number of benzene rings is 1. The van der Waals surface area contributed by atoms with Crippen molar-refractivity contribution in [3.05, 3.63) is 60.4 Å². The lowest BCUT2D eigenvalue weighted by Gasteiger charge is -2.02. The van der Waals surface area contributed by atoms with Crippen molar-refractivity contribution in [3.8, 4) is 11.1 Å². The van der Waals surface area contributed by atoms with Gasteiger partial charge in [0.15, 0.2) is 0 Å². The Labute approximate surface area is 94.3 Å². The molecule has 0 aliphatic rings. The Hall–Kier alpha value is -1.96. The maximum atomic E-state index is 13.2. The molecule has 80 valence electrons. The van der Waals surface area contributed by atoms with Crippen molar-refractivity contribution in [1.82, 2.24) is 4.98 Å². The molecule has 0 aliphatic carbocycles. The van der Waals surface area contributed by atoms with Crippen molar-refractivity contribution in [1.29, 1.82) is 0 Å². The molecule has 1 aromatic carbocycles. The summed E-state index contributed by atoms with van der Waals surface area (Å²) in [6.45, 7) is 1.68. The first kappa shape index (κ1) is 10.6. The number of halogens is 1. The van der Waals surface area contributed by atoms with Crippen LogP contribution in [-0.4, -0.2) is 4.98 Å². The molecule has 2 rings (SSSR count). The van der Waals surface area contributed by atoms with Crippen LogP contribution in [0.25, 0.3) is 17.0 Å². The van der Waals surface area contributed by atoms with Gasteiger partial charge in [0.05, 0.1) is 0 Å². The highest BCUT2D eigenvalue weighted by molar-refractivity contribution is 5.66. The predicted molar refractivity (Wildman–Crippen MR) is 64.4 cm³/mol. The summed E-state index contributed by atoms with van der Waals surface area (Å²) >= 11 is 0. The second-order valence-corrected chi connectivity index (χ2v) is 3.46. The minimum absolute atomic E-state index is 0.197. The van der Waals surface area contributed by atoms with E-state index in [4.69, 9.17) is 0 Å². The van der Waals surface area contributed by atoms with Gasteiger partial charge in [0, 0.05) is 18.0 Å². The Kier molecular flexibility index (Phi) is 3.10. The van der Waals surface area contributed by atoms with Crippen LogP contribution in [0.1, 0.15) is 12.5 Å². The lowest BCUT2D eigenvalue weighted by molar-refractivity contribution is 0.758. The normalized spacial score (nSPS) is 11.5. The fourth-order valence-electron chi connectivity index (χ4n) is 1.52. The van der Waals surface area contributed by atoms with E-state index in [1.165, 1.54) is 6.08 Å². The molecule has 0 aliphatic heterocycles. The highest BCUT2D eigenvalue weighted by atomic mass is 19.1. The van der Waals surface area contributed by atoms with Gasteiger partial charge in [0.25, 0.3) is 0 Å². The summed E-state index contributed by atoms with van der Waals surface area (Å²) in [7, 11) is 0. The predicted octanol–water partition coefficient (Wildman–Crippen LogP) is 4.08. The number of pyridine rings is 1. The summed E-state index contributed by atoms with van der Waals surface area (Å²) in [5.74, 6) is -0.197. The SMILES string of the molecule is C/C=C(\F)c1ccc(-c2cccnc2)cc1. The van der Waals surface area contributed by atoms with E-state index < -0.39 is 0 Å². The molecule has 2 heteroatoms. The number of nitrogens with zero attached hydrogens (tertiary/aromatic N) is 1. The van der Waals surface area contributed by atoms with Crippen LogP contribution < -0.4 is 0 Å². The molecular weight excluding hydrogens is 201 g/mol. The highest BCUT2D eigenvalue weighted by Gasteiger charge is 2.00. The fourth-order valence-corrected chi connectivity index (χ4v) is 1.52. The van der Waals surface area contributed by atoms with Crippen molar-refractivity contribution < 1.29 is 4.39 Å². The van der Waals surface area contributed by atoms with Crippen LogP contribution in [0.3, 0.4) is 0 Å². The third-order valence-electron chi connectivity index (χ3n) is 2.41. The lowest BCUT2D eigenvalue weighted by atomic mass is 10.1. The Morgan fingerprint density at radius 1 is 1.12 bits per heavy atom. The standard InChI is InChI=1S/C14H12FN/c1-2-14(15)12-7-5-11(6-8-12)13-4-3-9-16-10-13/h2-10H,1H3/b14-2-. The van der Waals surface area contributed by atoms with Gasteiger partial charge in [0.1, 0.15) is 5.83 Å². The van der Waals surface area contributed by atoms with Crippen LogP contribution in [-0.2, 0) is 0 Å². The molecule has 2 aromatic rings. The van der Waals surface area contributed by atoms with E-state index in [0.717, 1.165) is 11.1 Å². The Morgan fingerprint density at radius 3 is 2.44 bits per heavy atom. The zero-order chi connectivity index (χ0) is 11.4. The van der Waals surface area contributed by atoms with E-state index in [0.29, 0.717) is 5.56 Å². The molecule has 0 N–H and O–H groups in total. The Bertz CT molecular complexity index is 486. The van der Waals surface area contributed by atoms with Crippen molar-refractivity contribution in [3.63, 3.8) is 0 Å². The van der Waals surface area contributed by atoms with Crippen molar-refractivity contribution in [2.45, 2.75) is 6.92 Å². The number of aromatic nitrogens is 1. The molecule has 16 heavy (non-hydrogen) atoms. The number of allylic oxidation sites excluding steroid dienone is 1. The van der Waals surface area contributed by atoms with E-state index in [2.05, 4.69) is 4.98 Å². The third kappa shape index (κ3) is 2.16. The lowest BCUT2D eigenvalue weighted by Crippen LogP contribution is -1.81. The van der Waals surface area contributed by atoms with Gasteiger partial charge < -0.3 is 0 Å². The van der Waals surface area contributed by atoms with Gasteiger partial charge in [-0.3, -0.25) is 4.98 Å². The first-order chi connectivity index (χ1) is 7.81. The molecule has 0 radical (unpaired) electrons. The van der Waals surface area contributed by atoms with Crippen molar-refractivity contribution >= 4 is 5.83 Å². The van der Waals surface area contributed by atoms with Crippen LogP contribution in [0.4, 0.5) is 4.39 Å². The monoisotopic (exact) mass is 213 g/mol. The van der Waals surface area contributed by atoms with E-state index in [1.54, 1.807) is 31.5 Å². The van der Waals surface area contributed by atoms with Gasteiger partial charge in [-0.1, -0.05) is 36.4 Å². The van der Waals surface area contributed by atoms with Crippen molar-refractivity contribution in [2.75, 3.05) is 0 Å². The van der Waals surface area contributed by atoms with Crippen LogP contribution in [0.2, 0.25) is 0 Å². The maximum Gasteiger partial charge on any atom is 0.126 e. The first-order valence-corrected chi connectivity index (χ1v) is 5.14. The van der Waals surface area contributed by atoms with Crippen LogP contribution in [0.5, 0.6) is 0 Å². The average Bonchev–Trinajstić information content (AvgIpc) is 2.39. The zero-order valence-corrected chi connectivity index (χ0v) is 9.02. The quantitative estimate of drug-likeness (QED) is 0.732. The molecule has 1 aromatic heterocycles. The van der Waals surface area contributed by atoms with Gasteiger partial charge in [-0.15, -0.1) is 0 Å². The van der Waals surface area contributed by atoms with E-state index in [1.807, 2.05) is 24.3 Å². The molecule has 0 spiro atoms. The number of rotatable bonds is 2. The summed E-state index contributed by atoms with van der Waals surface area (Å²) in [5.41, 5.74) is 2.69. The molecule has 0 saturated heterocycles. The minimum Gasteiger partial charge on any atom is -0.264 e. The Morgan fingerprint density at radius 2 is 1.88 bits per heavy atom. The topological polar surface area (TPSA) is 12.9 Å². The first-order valence-electron chi connectivity index (χ1n) is 5.14. The molecular formula is C14H12FN. The maximum absolute atomic E-state index is 13.2. The van der Waals surface area contributed by atoms with E-state index in [9.17, 15) is 4.39 Å². The molecule has 1 heterocycles. The summed E-state index contributed by atoms with van der Waals surface area (Å²) in [5, 5.41) is 0. The van der Waals surface area contributed by atoms with E-state index in [-0.39, 0.29) is 5.83 Å². The van der Waals surface area contributed by atoms with Gasteiger partial charge >= 0.3 is 0 Å². The molecule has 0 atom stereocenters. The highest BCUT2D eigenvalue weighted by Crippen LogP contribution is 2.22. The molecule has 0 bridgehead atoms. The van der Waals surface area contributed by atoms with Crippen molar-refractivity contribution in [2.24, 2.45) is 0 Å². The fraction of sp³-hybridized carbons (Fsp3) is 0.0714. The minimum atomic E-state index is -0.197. The number of hydrogen-bond acceptors (Lipinski definition) is 1. The third-order valence-corrected chi connectivity index (χ3v) is 2.41. The Balaban J connectivity index is 2.34. The summed E-state index contributed by atoms with van der Waals surface area (Å²) in [6.07, 6.45) is 4.98. The molecule has 0 amide bonds. The summed E-state index contributed by atoms with van der Waals surface area (Å²) < 4.78 is 13.2. The summed E-state index contributed by atoms with van der Waals surface area (Å²) in [6, 6.07) is 11.2. The van der Waals surface area contributed by atoms with Gasteiger partial charge in [-0.05, 0) is 24.1 Å². The molecule has 0 unspecified atom stereocenters. The second-order valence-electron chi connectivity index (χ2n) is 3.46. The second kappa shape index (κ2) is 4.71.